The van der Waals surface area contributed by atoms with Crippen LogP contribution in [0.15, 0.2) is 30.3 Å². The van der Waals surface area contributed by atoms with Crippen LogP contribution in [0.4, 0.5) is 5.82 Å². The van der Waals surface area contributed by atoms with Crippen molar-refractivity contribution in [1.29, 1.82) is 0 Å². The van der Waals surface area contributed by atoms with Crippen molar-refractivity contribution in [2.45, 2.75) is 53.2 Å². The Kier molecular flexibility index (Phi) is 7.52. The summed E-state index contributed by atoms with van der Waals surface area (Å²) in [5, 5.41) is 12.3. The summed E-state index contributed by atoms with van der Waals surface area (Å²) in [4.78, 5) is 11.9. The molecule has 1 aliphatic rings. The Morgan fingerprint density at radius 1 is 1.14 bits per heavy atom. The number of rotatable bonds is 3. The fourth-order valence-corrected chi connectivity index (χ4v) is 2.83. The van der Waals surface area contributed by atoms with Gasteiger partial charge in [-0.2, -0.15) is 0 Å². The topological polar surface area (TPSA) is 67.3 Å². The molecular formula is C22H32N4O2. The first-order chi connectivity index (χ1) is 13.2. The number of nitrogens with zero attached hydrogens (tertiary/aromatic N) is 3. The Bertz CT molecular complexity index is 769. The Hall–Kier alpha value is -2.47. The molecule has 0 amide bonds. The van der Waals surface area contributed by atoms with Crippen LogP contribution in [-0.2, 0) is 9.53 Å². The smallest absolute Gasteiger partial charge is 0.293 e. The molecule has 2 aromatic rings. The molecule has 0 radical (unpaired) electrons. The molecule has 152 valence electrons. The van der Waals surface area contributed by atoms with Gasteiger partial charge in [-0.1, -0.05) is 12.1 Å². The molecular weight excluding hydrogens is 352 g/mol. The highest BCUT2D eigenvalue weighted by molar-refractivity contribution is 5.61. The number of carbonyl (C=O) groups excluding carboxylic acids is 1. The molecule has 28 heavy (non-hydrogen) atoms. The van der Waals surface area contributed by atoms with Gasteiger partial charge in [0.1, 0.15) is 5.60 Å². The third-order valence-corrected chi connectivity index (χ3v) is 4.55. The van der Waals surface area contributed by atoms with E-state index in [1.807, 2.05) is 20.8 Å². The summed E-state index contributed by atoms with van der Waals surface area (Å²) in [6.07, 6.45) is 0. The minimum atomic E-state index is -0.318. The molecule has 6 nitrogen and oxygen atoms in total. The van der Waals surface area contributed by atoms with Crippen molar-refractivity contribution in [3.8, 4) is 11.3 Å². The molecule has 1 fully saturated rings. The van der Waals surface area contributed by atoms with E-state index < -0.39 is 0 Å². The largest absolute Gasteiger partial charge is 0.462 e. The third kappa shape index (κ3) is 6.60. The number of piperazine rings is 1. The van der Waals surface area contributed by atoms with E-state index in [9.17, 15) is 4.79 Å². The second kappa shape index (κ2) is 9.64. The van der Waals surface area contributed by atoms with Crippen molar-refractivity contribution in [1.82, 2.24) is 15.5 Å². The number of hydrogen-bond acceptors (Lipinski definition) is 6. The monoisotopic (exact) mass is 384 g/mol. The first-order valence-corrected chi connectivity index (χ1v) is 9.71. The SMILES string of the molecule is CC(C)(C)OC=O.Cc1ccc(-c2ccc(N3CCNC(C)C3)nn2)cc1C. The molecule has 3 rings (SSSR count). The zero-order valence-electron chi connectivity index (χ0n) is 17.8. The van der Waals surface area contributed by atoms with Crippen LogP contribution in [-0.4, -0.2) is 47.9 Å². The van der Waals surface area contributed by atoms with E-state index in [0.29, 0.717) is 12.5 Å². The molecule has 0 spiro atoms. The highest BCUT2D eigenvalue weighted by Crippen LogP contribution is 2.21. The predicted molar refractivity (Wildman–Crippen MR) is 114 cm³/mol. The van der Waals surface area contributed by atoms with Crippen LogP contribution in [0, 0.1) is 13.8 Å². The summed E-state index contributed by atoms with van der Waals surface area (Å²) in [7, 11) is 0. The Balaban J connectivity index is 0.000000345. The van der Waals surface area contributed by atoms with Crippen molar-refractivity contribution < 1.29 is 9.53 Å². The lowest BCUT2D eigenvalue weighted by Crippen LogP contribution is -2.49. The predicted octanol–water partition coefficient (Wildman–Crippen LogP) is 3.52. The van der Waals surface area contributed by atoms with Gasteiger partial charge < -0.3 is 15.0 Å². The van der Waals surface area contributed by atoms with E-state index in [1.165, 1.54) is 11.1 Å². The van der Waals surface area contributed by atoms with Crippen LogP contribution in [0.1, 0.15) is 38.8 Å². The summed E-state index contributed by atoms with van der Waals surface area (Å²) < 4.78 is 4.55. The molecule has 6 heteroatoms. The van der Waals surface area contributed by atoms with Gasteiger partial charge in [0.2, 0.25) is 0 Å². The summed E-state index contributed by atoms with van der Waals surface area (Å²) >= 11 is 0. The van der Waals surface area contributed by atoms with Crippen molar-refractivity contribution in [2.24, 2.45) is 0 Å². The van der Waals surface area contributed by atoms with E-state index in [-0.39, 0.29) is 5.60 Å². The van der Waals surface area contributed by atoms with E-state index in [4.69, 9.17) is 0 Å². The van der Waals surface area contributed by atoms with E-state index in [0.717, 1.165) is 36.7 Å². The second-order valence-corrected chi connectivity index (χ2v) is 8.20. The molecule has 0 saturated carbocycles. The van der Waals surface area contributed by atoms with Crippen molar-refractivity contribution in [3.05, 3.63) is 41.5 Å². The Labute approximate surface area is 168 Å². The molecule has 1 aliphatic heterocycles. The summed E-state index contributed by atoms with van der Waals surface area (Å²) in [6, 6.07) is 11.1. The van der Waals surface area contributed by atoms with Gasteiger partial charge in [0.05, 0.1) is 5.69 Å². The average Bonchev–Trinajstić information content (AvgIpc) is 2.64. The number of carbonyl (C=O) groups is 1. The zero-order chi connectivity index (χ0) is 20.7. The van der Waals surface area contributed by atoms with Gasteiger partial charge in [0, 0.05) is 31.2 Å². The van der Waals surface area contributed by atoms with E-state index in [2.05, 4.69) is 76.3 Å². The number of benzene rings is 1. The fourth-order valence-electron chi connectivity index (χ4n) is 2.83. The summed E-state index contributed by atoms with van der Waals surface area (Å²) in [5.41, 5.74) is 4.34. The van der Waals surface area contributed by atoms with Crippen LogP contribution in [0.2, 0.25) is 0 Å². The van der Waals surface area contributed by atoms with Gasteiger partial charge in [-0.15, -0.1) is 10.2 Å². The highest BCUT2D eigenvalue weighted by atomic mass is 16.5. The van der Waals surface area contributed by atoms with Crippen molar-refractivity contribution >= 4 is 12.3 Å². The number of hydrogen-bond donors (Lipinski definition) is 1. The first kappa shape index (κ1) is 21.8. The number of aryl methyl sites for hydroxylation is 2. The standard InChI is InChI=1S/C17H22N4.C5H10O2/c1-12-4-5-15(10-13(12)2)16-6-7-17(20-19-16)21-9-8-18-14(3)11-21;1-5(2,3)7-4-6/h4-7,10,14,18H,8-9,11H2,1-3H3;4H,1-3H3. The minimum Gasteiger partial charge on any atom is -0.462 e. The lowest BCUT2D eigenvalue weighted by Gasteiger charge is -2.32. The maximum atomic E-state index is 9.60. The zero-order valence-corrected chi connectivity index (χ0v) is 17.8. The Morgan fingerprint density at radius 2 is 1.89 bits per heavy atom. The number of ether oxygens (including phenoxy) is 1. The van der Waals surface area contributed by atoms with Gasteiger partial charge in [0.25, 0.3) is 6.47 Å². The summed E-state index contributed by atoms with van der Waals surface area (Å²) in [6.45, 7) is 15.3. The van der Waals surface area contributed by atoms with Crippen LogP contribution >= 0.6 is 0 Å². The number of nitrogens with one attached hydrogen (secondary N) is 1. The molecule has 1 atom stereocenters. The normalized spacial score (nSPS) is 16.8. The Morgan fingerprint density at radius 3 is 2.39 bits per heavy atom. The fraction of sp³-hybridized carbons (Fsp3) is 0.500. The quantitative estimate of drug-likeness (QED) is 0.817. The third-order valence-electron chi connectivity index (χ3n) is 4.55. The van der Waals surface area contributed by atoms with Crippen molar-refractivity contribution in [3.63, 3.8) is 0 Å². The van der Waals surface area contributed by atoms with Gasteiger partial charge in [-0.3, -0.25) is 4.79 Å². The van der Waals surface area contributed by atoms with Crippen LogP contribution in [0.3, 0.4) is 0 Å². The van der Waals surface area contributed by atoms with E-state index in [1.54, 1.807) is 0 Å². The molecule has 1 aromatic carbocycles. The maximum Gasteiger partial charge on any atom is 0.293 e. The molecule has 0 bridgehead atoms. The first-order valence-electron chi connectivity index (χ1n) is 9.71. The molecule has 1 unspecified atom stereocenters. The second-order valence-electron chi connectivity index (χ2n) is 8.20. The molecule has 0 aliphatic carbocycles. The molecule has 1 saturated heterocycles. The van der Waals surface area contributed by atoms with Crippen LogP contribution in [0.5, 0.6) is 0 Å². The maximum absolute atomic E-state index is 9.60. The van der Waals surface area contributed by atoms with Crippen LogP contribution in [0.25, 0.3) is 11.3 Å². The highest BCUT2D eigenvalue weighted by Gasteiger charge is 2.17. The minimum absolute atomic E-state index is 0.318. The van der Waals surface area contributed by atoms with Gasteiger partial charge >= 0.3 is 0 Å². The van der Waals surface area contributed by atoms with E-state index >= 15 is 0 Å². The van der Waals surface area contributed by atoms with Gasteiger partial charge in [0.15, 0.2) is 5.82 Å². The van der Waals surface area contributed by atoms with Crippen molar-refractivity contribution in [2.75, 3.05) is 24.5 Å². The lowest BCUT2D eigenvalue weighted by atomic mass is 10.0. The summed E-state index contributed by atoms with van der Waals surface area (Å²) in [5.74, 6) is 0.968. The van der Waals surface area contributed by atoms with Gasteiger partial charge in [-0.05, 0) is 70.9 Å². The molecule has 1 N–H and O–H groups in total. The number of anilines is 1. The van der Waals surface area contributed by atoms with Crippen LogP contribution < -0.4 is 10.2 Å². The molecule has 2 heterocycles. The molecule has 1 aromatic heterocycles. The van der Waals surface area contributed by atoms with Gasteiger partial charge in [-0.25, -0.2) is 0 Å². The average molecular weight is 385 g/mol. The lowest BCUT2D eigenvalue weighted by molar-refractivity contribution is -0.138. The number of aromatic nitrogens is 2.